The van der Waals surface area contributed by atoms with Crippen LogP contribution in [0.3, 0.4) is 0 Å². The summed E-state index contributed by atoms with van der Waals surface area (Å²) < 4.78 is 0. The molecule has 0 bridgehead atoms. The zero-order valence-corrected chi connectivity index (χ0v) is 15.4. The van der Waals surface area contributed by atoms with E-state index in [1.54, 1.807) is 10.5 Å². The van der Waals surface area contributed by atoms with E-state index >= 15 is 0 Å². The second-order valence-corrected chi connectivity index (χ2v) is 10.8. The summed E-state index contributed by atoms with van der Waals surface area (Å²) in [5.74, 6) is 3.91. The molecule has 0 unspecified atom stereocenters. The molecule has 2 heterocycles. The van der Waals surface area contributed by atoms with Gasteiger partial charge in [0, 0.05) is 36.1 Å². The number of rotatable bonds is 4. The molecule has 2 nitrogen and oxygen atoms in total. The van der Waals surface area contributed by atoms with Crippen molar-refractivity contribution < 1.29 is 0 Å². The van der Waals surface area contributed by atoms with Crippen molar-refractivity contribution in [2.75, 3.05) is 37.4 Å². The molecule has 3 heteroatoms. The minimum absolute atomic E-state index is 0.626. The molecule has 1 aromatic carbocycles. The van der Waals surface area contributed by atoms with Crippen LogP contribution >= 0.6 is 10.0 Å². The Morgan fingerprint density at radius 3 is 2.41 bits per heavy atom. The molecule has 0 saturated carbocycles. The van der Waals surface area contributed by atoms with Crippen LogP contribution in [-0.2, 0) is 12.8 Å². The summed E-state index contributed by atoms with van der Waals surface area (Å²) in [6, 6.07) is 7.30. The number of benzene rings is 1. The topological polar surface area (TPSA) is 19.0 Å². The lowest BCUT2D eigenvalue weighted by atomic mass is 10.1. The highest BCUT2D eigenvalue weighted by Crippen LogP contribution is 2.55. The van der Waals surface area contributed by atoms with Gasteiger partial charge in [0.25, 0.3) is 0 Å². The van der Waals surface area contributed by atoms with Crippen LogP contribution in [0.25, 0.3) is 10.9 Å². The Labute approximate surface area is 136 Å². The van der Waals surface area contributed by atoms with Crippen LogP contribution in [0.2, 0.25) is 0 Å². The van der Waals surface area contributed by atoms with E-state index in [0.29, 0.717) is 0 Å². The molecular weight excluding hydrogens is 288 g/mol. The predicted octanol–water partition coefficient (Wildman–Crippen LogP) is 4.42. The number of hydrogen-bond donors (Lipinski definition) is 1. The Kier molecular flexibility index (Phi) is 4.56. The summed E-state index contributed by atoms with van der Waals surface area (Å²) in [7, 11) is 1.60. The van der Waals surface area contributed by atoms with Crippen LogP contribution in [-0.4, -0.2) is 47.3 Å². The molecule has 0 fully saturated rings. The number of fused-ring (bicyclic) bond motifs is 3. The number of hydrogen-bond acceptors (Lipinski definition) is 1. The first-order chi connectivity index (χ1) is 10.6. The van der Waals surface area contributed by atoms with Crippen molar-refractivity contribution in [3.05, 3.63) is 29.5 Å². The van der Waals surface area contributed by atoms with Crippen LogP contribution < -0.4 is 0 Å². The number of nitrogens with one attached hydrogen (secondary N) is 1. The van der Waals surface area contributed by atoms with Gasteiger partial charge in [0.05, 0.1) is 0 Å². The second-order valence-electron chi connectivity index (χ2n) is 6.50. The minimum atomic E-state index is -0.626. The molecule has 0 atom stereocenters. The van der Waals surface area contributed by atoms with Gasteiger partial charge in [-0.2, -0.15) is 0 Å². The van der Waals surface area contributed by atoms with Crippen molar-refractivity contribution in [2.24, 2.45) is 0 Å². The summed E-state index contributed by atoms with van der Waals surface area (Å²) >= 11 is 0. The number of H-pyrrole nitrogens is 1. The molecule has 0 amide bonds. The Morgan fingerprint density at radius 1 is 1.05 bits per heavy atom. The fourth-order valence-corrected chi connectivity index (χ4v) is 6.84. The van der Waals surface area contributed by atoms with Crippen molar-refractivity contribution >= 4 is 20.9 Å². The van der Waals surface area contributed by atoms with E-state index in [4.69, 9.17) is 0 Å². The smallest absolute Gasteiger partial charge is 0.0469 e. The SMILES string of the molecule is CCS(CC)(CC)c1ccc2c3c([nH]c2c1)CCN(C)CC3. The summed E-state index contributed by atoms with van der Waals surface area (Å²) in [4.78, 5) is 7.79. The standard InChI is InChI=1S/C19H30N2S/c1-5-22(6-2,7-3)15-8-9-16-17-10-12-21(4)13-11-18(17)20-19(16)14-15/h8-9,14,20H,5-7,10-13H2,1-4H3. The third-order valence-corrected chi connectivity index (χ3v) is 10.2. The van der Waals surface area contributed by atoms with Gasteiger partial charge < -0.3 is 9.88 Å². The zero-order chi connectivity index (χ0) is 15.7. The molecule has 22 heavy (non-hydrogen) atoms. The zero-order valence-electron chi connectivity index (χ0n) is 14.5. The van der Waals surface area contributed by atoms with E-state index in [9.17, 15) is 0 Å². The van der Waals surface area contributed by atoms with Gasteiger partial charge in [-0.05, 0) is 53.3 Å². The first-order valence-electron chi connectivity index (χ1n) is 8.72. The molecule has 2 aromatic rings. The van der Waals surface area contributed by atoms with Crippen LogP contribution in [0.4, 0.5) is 0 Å². The molecule has 122 valence electrons. The Hall–Kier alpha value is -0.930. The Bertz CT molecular complexity index is 646. The van der Waals surface area contributed by atoms with Crippen LogP contribution in [0.15, 0.2) is 23.1 Å². The van der Waals surface area contributed by atoms with E-state index in [1.165, 1.54) is 53.4 Å². The Balaban J connectivity index is 2.06. The first kappa shape index (κ1) is 15.9. The van der Waals surface area contributed by atoms with Gasteiger partial charge in [-0.25, -0.2) is 10.0 Å². The van der Waals surface area contributed by atoms with Gasteiger partial charge >= 0.3 is 0 Å². The molecule has 1 aliphatic rings. The quantitative estimate of drug-likeness (QED) is 0.884. The van der Waals surface area contributed by atoms with Crippen LogP contribution in [0.1, 0.15) is 32.0 Å². The fourth-order valence-electron chi connectivity index (χ4n) is 3.89. The third kappa shape index (κ3) is 2.59. The lowest BCUT2D eigenvalue weighted by molar-refractivity contribution is 0.352. The van der Waals surface area contributed by atoms with Crippen molar-refractivity contribution in [1.82, 2.24) is 9.88 Å². The van der Waals surface area contributed by atoms with E-state index in [0.717, 1.165) is 6.42 Å². The minimum Gasteiger partial charge on any atom is -0.358 e. The maximum Gasteiger partial charge on any atom is 0.0469 e. The normalized spacial score (nSPS) is 17.5. The van der Waals surface area contributed by atoms with Gasteiger partial charge in [0.1, 0.15) is 0 Å². The molecule has 0 radical (unpaired) electrons. The van der Waals surface area contributed by atoms with Gasteiger partial charge in [0.15, 0.2) is 0 Å². The molecule has 1 aromatic heterocycles. The van der Waals surface area contributed by atoms with E-state index in [-0.39, 0.29) is 0 Å². The molecule has 1 aliphatic heterocycles. The average molecular weight is 319 g/mol. The van der Waals surface area contributed by atoms with Crippen LogP contribution in [0, 0.1) is 0 Å². The summed E-state index contributed by atoms with van der Waals surface area (Å²) in [5, 5.41) is 1.46. The summed E-state index contributed by atoms with van der Waals surface area (Å²) in [5.41, 5.74) is 4.41. The lowest BCUT2D eigenvalue weighted by Crippen LogP contribution is -2.21. The van der Waals surface area contributed by atoms with Gasteiger partial charge in [-0.3, -0.25) is 0 Å². The molecule has 1 N–H and O–H groups in total. The van der Waals surface area contributed by atoms with Crippen LogP contribution in [0.5, 0.6) is 0 Å². The highest BCUT2D eigenvalue weighted by atomic mass is 32.3. The van der Waals surface area contributed by atoms with Crippen molar-refractivity contribution in [1.29, 1.82) is 0 Å². The largest absolute Gasteiger partial charge is 0.358 e. The lowest BCUT2D eigenvalue weighted by Gasteiger charge is -2.37. The number of aromatic amines is 1. The number of aromatic nitrogens is 1. The van der Waals surface area contributed by atoms with E-state index in [2.05, 4.69) is 55.9 Å². The molecular formula is C19H30N2S. The highest BCUT2D eigenvalue weighted by molar-refractivity contribution is 8.33. The number of nitrogens with zero attached hydrogens (tertiary/aromatic N) is 1. The van der Waals surface area contributed by atoms with Crippen molar-refractivity contribution in [3.8, 4) is 0 Å². The van der Waals surface area contributed by atoms with Crippen molar-refractivity contribution in [3.63, 3.8) is 0 Å². The van der Waals surface area contributed by atoms with Crippen molar-refractivity contribution in [2.45, 2.75) is 38.5 Å². The maximum absolute atomic E-state index is 3.75. The van der Waals surface area contributed by atoms with Gasteiger partial charge in [0.2, 0.25) is 0 Å². The monoisotopic (exact) mass is 318 g/mol. The Morgan fingerprint density at radius 2 is 1.73 bits per heavy atom. The third-order valence-electron chi connectivity index (χ3n) is 5.61. The summed E-state index contributed by atoms with van der Waals surface area (Å²) in [6.45, 7) is 9.45. The average Bonchev–Trinajstić information content (AvgIpc) is 2.80. The second kappa shape index (κ2) is 6.29. The first-order valence-corrected chi connectivity index (χ1v) is 10.9. The van der Waals surface area contributed by atoms with E-state index in [1.807, 2.05) is 0 Å². The van der Waals surface area contributed by atoms with E-state index < -0.39 is 10.0 Å². The van der Waals surface area contributed by atoms with Gasteiger partial charge in [-0.15, -0.1) is 0 Å². The maximum atomic E-state index is 3.75. The molecule has 0 spiro atoms. The highest BCUT2D eigenvalue weighted by Gasteiger charge is 2.22. The fraction of sp³-hybridized carbons (Fsp3) is 0.579. The number of likely N-dealkylation sites (N-methyl/N-ethyl adjacent to an activating group) is 1. The van der Waals surface area contributed by atoms with Gasteiger partial charge in [-0.1, -0.05) is 26.8 Å². The summed E-state index contributed by atoms with van der Waals surface area (Å²) in [6.07, 6.45) is 2.34. The molecule has 3 rings (SSSR count). The predicted molar refractivity (Wildman–Crippen MR) is 101 cm³/mol. The molecule has 0 saturated heterocycles. The molecule has 0 aliphatic carbocycles.